The monoisotopic (exact) mass is 657 g/mol. The molecule has 3 aromatic rings. The summed E-state index contributed by atoms with van der Waals surface area (Å²) in [6, 6.07) is 4.81. The highest BCUT2D eigenvalue weighted by atomic mass is 35.5. The number of methoxy groups -OCH3 is 1. The standard InChI is InChI=1S/C33H34Cl2FN3O4S/c1-5-6-24(35)27(18(3)34)28-22(30(43-39-28)20-7-8-20)15-42-32(16-41-4)12-21-9-17(2)23(13-32)33(21,40)31-38-29-25(36)10-19(14-37)11-26(29)44-31/h5-6,10-11,17,20-21,23,40H,3,7-9,12-13,15-16H2,1-2,4H3/b6-5-,27-24-/t17-,21+,23+,32?,33-/m0/s1. The lowest BCUT2D eigenvalue weighted by molar-refractivity contribution is -0.186. The zero-order valence-corrected chi connectivity index (χ0v) is 27.2. The van der Waals surface area contributed by atoms with Crippen LogP contribution in [0.1, 0.15) is 79.5 Å². The van der Waals surface area contributed by atoms with Crippen molar-refractivity contribution in [3.8, 4) is 6.07 Å². The molecule has 0 saturated heterocycles. The number of benzene rings is 1. The highest BCUT2D eigenvalue weighted by Gasteiger charge is 2.63. The zero-order valence-electron chi connectivity index (χ0n) is 24.8. The minimum absolute atomic E-state index is 0.167. The summed E-state index contributed by atoms with van der Waals surface area (Å²) in [6.07, 6.45) is 7.36. The molecule has 0 amide bonds. The molecule has 3 fully saturated rings. The second kappa shape index (κ2) is 12.0. The summed E-state index contributed by atoms with van der Waals surface area (Å²) in [5, 5.41) is 27.2. The molecule has 232 valence electrons. The Morgan fingerprint density at radius 2 is 2.11 bits per heavy atom. The molecule has 1 N–H and O–H groups in total. The van der Waals surface area contributed by atoms with Crippen LogP contribution in [-0.2, 0) is 21.7 Å². The number of thiazole rings is 1. The second-order valence-electron chi connectivity index (χ2n) is 12.4. The number of halogens is 3. The first-order valence-corrected chi connectivity index (χ1v) is 16.3. The van der Waals surface area contributed by atoms with Gasteiger partial charge < -0.3 is 19.1 Å². The smallest absolute Gasteiger partial charge is 0.151 e. The van der Waals surface area contributed by atoms with E-state index in [2.05, 4.69) is 23.6 Å². The van der Waals surface area contributed by atoms with E-state index in [4.69, 9.17) is 37.2 Å². The van der Waals surface area contributed by atoms with Crippen molar-refractivity contribution in [1.82, 2.24) is 10.1 Å². The highest BCUT2D eigenvalue weighted by Crippen LogP contribution is 2.62. The van der Waals surface area contributed by atoms with E-state index in [1.165, 1.54) is 17.4 Å². The van der Waals surface area contributed by atoms with Crippen LogP contribution in [0.4, 0.5) is 4.39 Å². The molecular formula is C33H34Cl2FN3O4S. The average Bonchev–Trinajstić information content (AvgIpc) is 3.56. The molecule has 1 aromatic carbocycles. The Morgan fingerprint density at radius 1 is 1.34 bits per heavy atom. The van der Waals surface area contributed by atoms with Crippen LogP contribution >= 0.6 is 34.5 Å². The van der Waals surface area contributed by atoms with Crippen molar-refractivity contribution < 1.29 is 23.5 Å². The van der Waals surface area contributed by atoms with Crippen LogP contribution in [0.25, 0.3) is 15.8 Å². The van der Waals surface area contributed by atoms with E-state index in [9.17, 15) is 14.8 Å². The van der Waals surface area contributed by atoms with Crippen LogP contribution in [0.5, 0.6) is 0 Å². The van der Waals surface area contributed by atoms with Gasteiger partial charge in [0.2, 0.25) is 0 Å². The van der Waals surface area contributed by atoms with Gasteiger partial charge in [-0.05, 0) is 75.0 Å². The third kappa shape index (κ3) is 5.34. The Hall–Kier alpha value is -2.58. The SMILES string of the molecule is C=C(Cl)/C(=C(Cl)\C=C/C)c1noc(C2CC2)c1COC1(COC)C[C@H]2C[C@H](C)[C@@H](C1)[C@]2(O)c1nc2c(F)cc(C#N)cc2s1. The molecule has 3 saturated carbocycles. The fraction of sp³-hybridized carbons (Fsp3) is 0.485. The maximum atomic E-state index is 14.8. The minimum atomic E-state index is -1.25. The third-order valence-corrected chi connectivity index (χ3v) is 11.1. The van der Waals surface area contributed by atoms with Crippen molar-refractivity contribution in [2.24, 2.45) is 17.8 Å². The molecule has 44 heavy (non-hydrogen) atoms. The van der Waals surface area contributed by atoms with Crippen LogP contribution in [0.3, 0.4) is 0 Å². The van der Waals surface area contributed by atoms with Crippen molar-refractivity contribution in [3.63, 3.8) is 0 Å². The summed E-state index contributed by atoms with van der Waals surface area (Å²) in [4.78, 5) is 4.60. The van der Waals surface area contributed by atoms with Gasteiger partial charge in [0.1, 0.15) is 27.6 Å². The molecule has 2 aromatic heterocycles. The quantitative estimate of drug-likeness (QED) is 0.219. The molecule has 2 bridgehead atoms. The maximum absolute atomic E-state index is 14.8. The van der Waals surface area contributed by atoms with Gasteiger partial charge in [-0.15, -0.1) is 11.3 Å². The Balaban J connectivity index is 1.34. The van der Waals surface area contributed by atoms with Crippen molar-refractivity contribution in [2.75, 3.05) is 13.7 Å². The van der Waals surface area contributed by atoms with Gasteiger partial charge in [0.25, 0.3) is 0 Å². The molecule has 0 spiro atoms. The summed E-state index contributed by atoms with van der Waals surface area (Å²) < 4.78 is 33.8. The van der Waals surface area contributed by atoms with Crippen LogP contribution in [0.2, 0.25) is 0 Å². The van der Waals surface area contributed by atoms with E-state index >= 15 is 0 Å². The molecule has 6 rings (SSSR count). The van der Waals surface area contributed by atoms with E-state index in [0.717, 1.165) is 30.6 Å². The van der Waals surface area contributed by atoms with Crippen LogP contribution in [-0.4, -0.2) is 34.6 Å². The van der Waals surface area contributed by atoms with Crippen molar-refractivity contribution in [1.29, 1.82) is 5.26 Å². The van der Waals surface area contributed by atoms with Crippen molar-refractivity contribution in [3.05, 3.63) is 74.3 Å². The Bertz CT molecular complexity index is 1720. The fourth-order valence-electron chi connectivity index (χ4n) is 7.31. The average molecular weight is 659 g/mol. The summed E-state index contributed by atoms with van der Waals surface area (Å²) >= 11 is 14.3. The first-order valence-electron chi connectivity index (χ1n) is 14.8. The molecule has 0 radical (unpaired) electrons. The highest BCUT2D eigenvalue weighted by molar-refractivity contribution is 7.18. The fourth-order valence-corrected chi connectivity index (χ4v) is 9.13. The molecule has 3 aliphatic carbocycles. The normalized spacial score (nSPS) is 28.9. The van der Waals surface area contributed by atoms with Crippen LogP contribution in [0.15, 0.2) is 45.5 Å². The zero-order chi connectivity index (χ0) is 31.4. The van der Waals surface area contributed by atoms with Crippen molar-refractivity contribution >= 4 is 50.3 Å². The van der Waals surface area contributed by atoms with E-state index in [-0.39, 0.29) is 46.4 Å². The lowest BCUT2D eigenvalue weighted by Gasteiger charge is -2.48. The number of fused-ring (bicyclic) bond motifs is 3. The summed E-state index contributed by atoms with van der Waals surface area (Å²) in [7, 11) is 1.65. The molecule has 11 heteroatoms. The number of aliphatic hydroxyl groups is 1. The molecule has 0 aliphatic heterocycles. The van der Waals surface area contributed by atoms with E-state index in [1.54, 1.807) is 19.3 Å². The van der Waals surface area contributed by atoms with Crippen molar-refractivity contribution in [2.45, 2.75) is 69.7 Å². The second-order valence-corrected chi connectivity index (χ2v) is 14.3. The summed E-state index contributed by atoms with van der Waals surface area (Å²) in [5.74, 6) is 0.231. The van der Waals surface area contributed by atoms with Gasteiger partial charge in [0, 0.05) is 29.2 Å². The first kappa shape index (κ1) is 31.4. The summed E-state index contributed by atoms with van der Waals surface area (Å²) in [6.45, 7) is 8.44. The number of ether oxygens (including phenoxy) is 2. The van der Waals surface area contributed by atoms with Gasteiger partial charge >= 0.3 is 0 Å². The summed E-state index contributed by atoms with van der Waals surface area (Å²) in [5.41, 5.74) is 0.251. The predicted octanol–water partition coefficient (Wildman–Crippen LogP) is 8.31. The number of allylic oxidation sites excluding steroid dienone is 5. The number of nitriles is 1. The molecule has 2 heterocycles. The number of hydrogen-bond acceptors (Lipinski definition) is 8. The van der Waals surface area contributed by atoms with Crippen LogP contribution in [0, 0.1) is 34.9 Å². The minimum Gasteiger partial charge on any atom is -0.382 e. The largest absolute Gasteiger partial charge is 0.382 e. The van der Waals surface area contributed by atoms with E-state index < -0.39 is 17.0 Å². The maximum Gasteiger partial charge on any atom is 0.151 e. The van der Waals surface area contributed by atoms with Gasteiger partial charge in [-0.3, -0.25) is 0 Å². The number of hydrogen-bond donors (Lipinski definition) is 1. The van der Waals surface area contributed by atoms with E-state index in [1.807, 2.05) is 19.1 Å². The predicted molar refractivity (Wildman–Crippen MR) is 169 cm³/mol. The van der Waals surface area contributed by atoms with E-state index in [0.29, 0.717) is 45.5 Å². The molecule has 3 aliphatic rings. The number of rotatable bonds is 10. The molecular weight excluding hydrogens is 624 g/mol. The van der Waals surface area contributed by atoms with Crippen LogP contribution < -0.4 is 0 Å². The molecule has 7 nitrogen and oxygen atoms in total. The Kier molecular flexibility index (Phi) is 8.55. The lowest BCUT2D eigenvalue weighted by atomic mass is 9.67. The number of aromatic nitrogens is 2. The lowest BCUT2D eigenvalue weighted by Crippen LogP contribution is -2.53. The van der Waals surface area contributed by atoms with Gasteiger partial charge in [-0.2, -0.15) is 5.26 Å². The number of nitrogens with zero attached hydrogens (tertiary/aromatic N) is 3. The first-order chi connectivity index (χ1) is 21.0. The van der Waals surface area contributed by atoms with Gasteiger partial charge in [0.05, 0.1) is 40.2 Å². The van der Waals surface area contributed by atoms with Gasteiger partial charge in [0.15, 0.2) is 5.82 Å². The Morgan fingerprint density at radius 3 is 2.75 bits per heavy atom. The molecule has 1 unspecified atom stereocenters. The Labute approximate surface area is 269 Å². The van der Waals surface area contributed by atoms with Gasteiger partial charge in [-0.1, -0.05) is 47.9 Å². The van der Waals surface area contributed by atoms with Gasteiger partial charge in [-0.25, -0.2) is 9.37 Å². The molecule has 5 atom stereocenters. The third-order valence-electron chi connectivity index (χ3n) is 9.42. The topological polar surface area (TPSA) is 101 Å².